The molecule has 19 heavy (non-hydrogen) atoms. The topological polar surface area (TPSA) is 26.0 Å². The van der Waals surface area contributed by atoms with Gasteiger partial charge in [-0.3, -0.25) is 0 Å². The third-order valence-corrected chi connectivity index (χ3v) is 4.79. The van der Waals surface area contributed by atoms with Crippen LogP contribution in [0.1, 0.15) is 23.1 Å². The van der Waals surface area contributed by atoms with E-state index in [4.69, 9.17) is 28.9 Å². The van der Waals surface area contributed by atoms with Crippen LogP contribution in [0.3, 0.4) is 0 Å². The Morgan fingerprint density at radius 1 is 1.05 bits per heavy atom. The molecule has 0 fully saturated rings. The summed E-state index contributed by atoms with van der Waals surface area (Å²) in [6.45, 7) is 0. The van der Waals surface area contributed by atoms with Crippen molar-refractivity contribution in [1.29, 1.82) is 0 Å². The summed E-state index contributed by atoms with van der Waals surface area (Å²) in [5.41, 5.74) is 9.90. The molecule has 3 rings (SSSR count). The van der Waals surface area contributed by atoms with Crippen molar-refractivity contribution in [3.8, 4) is 0 Å². The lowest BCUT2D eigenvalue weighted by atomic mass is 9.86. The highest BCUT2D eigenvalue weighted by Gasteiger charge is 2.35. The van der Waals surface area contributed by atoms with Crippen LogP contribution in [-0.2, 0) is 18.4 Å². The van der Waals surface area contributed by atoms with Gasteiger partial charge in [0.25, 0.3) is 0 Å². The fraction of sp³-hybridized carbons (Fsp3) is 0.250. The average molecular weight is 292 g/mol. The van der Waals surface area contributed by atoms with Gasteiger partial charge in [-0.1, -0.05) is 59.6 Å². The molecule has 0 amide bonds. The van der Waals surface area contributed by atoms with E-state index in [-0.39, 0.29) is 5.54 Å². The third kappa shape index (κ3) is 2.27. The average Bonchev–Trinajstić information content (AvgIpc) is 2.74. The van der Waals surface area contributed by atoms with Crippen LogP contribution in [0.4, 0.5) is 0 Å². The summed E-state index contributed by atoms with van der Waals surface area (Å²) in [6, 6.07) is 14.1. The minimum absolute atomic E-state index is 0.328. The zero-order chi connectivity index (χ0) is 13.5. The van der Waals surface area contributed by atoms with Gasteiger partial charge in [0.1, 0.15) is 0 Å². The highest BCUT2D eigenvalue weighted by atomic mass is 35.5. The summed E-state index contributed by atoms with van der Waals surface area (Å²) >= 11 is 12.3. The van der Waals surface area contributed by atoms with Crippen molar-refractivity contribution in [2.45, 2.75) is 24.8 Å². The molecule has 0 radical (unpaired) electrons. The molecule has 0 spiro atoms. The molecule has 0 aliphatic heterocycles. The second kappa shape index (κ2) is 4.82. The van der Waals surface area contributed by atoms with E-state index in [1.54, 1.807) is 6.07 Å². The lowest BCUT2D eigenvalue weighted by Crippen LogP contribution is -2.36. The smallest absolute Gasteiger partial charge is 0.0625 e. The molecule has 98 valence electrons. The Kier molecular flexibility index (Phi) is 3.30. The predicted octanol–water partition coefficient (Wildman–Crippen LogP) is 4.34. The zero-order valence-corrected chi connectivity index (χ0v) is 12.0. The lowest BCUT2D eigenvalue weighted by Gasteiger charge is -2.26. The van der Waals surface area contributed by atoms with Crippen molar-refractivity contribution in [2.24, 2.45) is 5.73 Å². The molecule has 1 nitrogen and oxygen atoms in total. The Morgan fingerprint density at radius 3 is 2.68 bits per heavy atom. The van der Waals surface area contributed by atoms with Crippen LogP contribution in [0.5, 0.6) is 0 Å². The molecule has 1 aliphatic rings. The molecule has 0 saturated carbocycles. The van der Waals surface area contributed by atoms with E-state index in [1.807, 2.05) is 18.2 Å². The Morgan fingerprint density at radius 2 is 1.84 bits per heavy atom. The van der Waals surface area contributed by atoms with Crippen LogP contribution >= 0.6 is 23.2 Å². The van der Waals surface area contributed by atoms with Gasteiger partial charge in [0.2, 0.25) is 0 Å². The monoisotopic (exact) mass is 291 g/mol. The van der Waals surface area contributed by atoms with Gasteiger partial charge in [0.15, 0.2) is 0 Å². The summed E-state index contributed by atoms with van der Waals surface area (Å²) < 4.78 is 0. The normalized spacial score (nSPS) is 21.4. The largest absolute Gasteiger partial charge is 0.321 e. The Bertz CT molecular complexity index is 624. The maximum atomic E-state index is 6.62. The summed E-state index contributed by atoms with van der Waals surface area (Å²) in [5, 5.41) is 1.22. The number of hydrogen-bond acceptors (Lipinski definition) is 1. The minimum Gasteiger partial charge on any atom is -0.321 e. The fourth-order valence-electron chi connectivity index (χ4n) is 2.92. The minimum atomic E-state index is -0.328. The molecule has 2 aromatic carbocycles. The molecule has 1 unspecified atom stereocenters. The first kappa shape index (κ1) is 13.0. The van der Waals surface area contributed by atoms with E-state index in [0.717, 1.165) is 24.8 Å². The Hall–Kier alpha value is -1.02. The Labute approximate surface area is 123 Å². The first-order valence-electron chi connectivity index (χ1n) is 6.40. The molecular weight excluding hydrogens is 277 g/mol. The van der Waals surface area contributed by atoms with Gasteiger partial charge >= 0.3 is 0 Å². The number of benzene rings is 2. The number of nitrogens with two attached hydrogens (primary N) is 1. The van der Waals surface area contributed by atoms with Crippen molar-refractivity contribution in [1.82, 2.24) is 0 Å². The second-order valence-corrected chi connectivity index (χ2v) is 5.99. The van der Waals surface area contributed by atoms with Gasteiger partial charge in [-0.15, -0.1) is 0 Å². The van der Waals surface area contributed by atoms with Gasteiger partial charge < -0.3 is 5.73 Å². The molecule has 0 aromatic heterocycles. The number of aryl methyl sites for hydroxylation is 1. The third-order valence-electron chi connectivity index (χ3n) is 3.93. The summed E-state index contributed by atoms with van der Waals surface area (Å²) in [7, 11) is 0. The molecule has 0 saturated heterocycles. The number of hydrogen-bond donors (Lipinski definition) is 1. The fourth-order valence-corrected chi connectivity index (χ4v) is 3.31. The number of rotatable bonds is 2. The first-order valence-corrected chi connectivity index (χ1v) is 7.16. The van der Waals surface area contributed by atoms with Crippen LogP contribution in [-0.4, -0.2) is 0 Å². The van der Waals surface area contributed by atoms with Crippen molar-refractivity contribution in [3.63, 3.8) is 0 Å². The van der Waals surface area contributed by atoms with Crippen LogP contribution in [0.15, 0.2) is 42.5 Å². The van der Waals surface area contributed by atoms with Crippen molar-refractivity contribution >= 4 is 23.2 Å². The van der Waals surface area contributed by atoms with E-state index in [9.17, 15) is 0 Å². The van der Waals surface area contributed by atoms with E-state index in [2.05, 4.69) is 18.2 Å². The first-order chi connectivity index (χ1) is 9.10. The van der Waals surface area contributed by atoms with Gasteiger partial charge in [-0.05, 0) is 42.0 Å². The summed E-state index contributed by atoms with van der Waals surface area (Å²) in [6.07, 6.45) is 2.71. The van der Waals surface area contributed by atoms with Gasteiger partial charge in [0, 0.05) is 5.54 Å². The number of fused-ring (bicyclic) bond motifs is 1. The van der Waals surface area contributed by atoms with E-state index < -0.39 is 0 Å². The molecular formula is C16H15Cl2N. The van der Waals surface area contributed by atoms with E-state index in [0.29, 0.717) is 10.0 Å². The molecule has 2 N–H and O–H groups in total. The van der Waals surface area contributed by atoms with Crippen molar-refractivity contribution in [2.75, 3.05) is 0 Å². The SMILES string of the molecule is NC1(Cc2cccc(Cl)c2Cl)CCc2ccccc21. The zero-order valence-electron chi connectivity index (χ0n) is 10.5. The van der Waals surface area contributed by atoms with Crippen LogP contribution in [0.2, 0.25) is 10.0 Å². The maximum absolute atomic E-state index is 6.62. The second-order valence-electron chi connectivity index (χ2n) is 5.20. The molecule has 1 aliphatic carbocycles. The molecule has 3 heteroatoms. The Balaban J connectivity index is 1.98. The van der Waals surface area contributed by atoms with Gasteiger partial charge in [0.05, 0.1) is 10.0 Å². The summed E-state index contributed by atoms with van der Waals surface area (Å²) in [4.78, 5) is 0. The highest BCUT2D eigenvalue weighted by Crippen LogP contribution is 2.39. The maximum Gasteiger partial charge on any atom is 0.0625 e. The standard InChI is InChI=1S/C16H15Cl2N/c17-14-7-3-5-12(15(14)18)10-16(19)9-8-11-4-1-2-6-13(11)16/h1-7H,8-10,19H2. The van der Waals surface area contributed by atoms with Gasteiger partial charge in [-0.2, -0.15) is 0 Å². The number of halogens is 2. The summed E-state index contributed by atoms with van der Waals surface area (Å²) in [5.74, 6) is 0. The van der Waals surface area contributed by atoms with Crippen molar-refractivity contribution < 1.29 is 0 Å². The molecule has 0 bridgehead atoms. The van der Waals surface area contributed by atoms with Crippen LogP contribution in [0.25, 0.3) is 0 Å². The highest BCUT2D eigenvalue weighted by molar-refractivity contribution is 6.42. The van der Waals surface area contributed by atoms with E-state index >= 15 is 0 Å². The van der Waals surface area contributed by atoms with E-state index in [1.165, 1.54) is 11.1 Å². The van der Waals surface area contributed by atoms with Crippen molar-refractivity contribution in [3.05, 3.63) is 69.2 Å². The predicted molar refractivity (Wildman–Crippen MR) is 80.8 cm³/mol. The van der Waals surface area contributed by atoms with Crippen LogP contribution < -0.4 is 5.73 Å². The molecule has 2 aromatic rings. The molecule has 0 heterocycles. The quantitative estimate of drug-likeness (QED) is 0.875. The lowest BCUT2D eigenvalue weighted by molar-refractivity contribution is 0.439. The molecule has 1 atom stereocenters. The van der Waals surface area contributed by atoms with Gasteiger partial charge in [-0.25, -0.2) is 0 Å². The van der Waals surface area contributed by atoms with Crippen LogP contribution in [0, 0.1) is 0 Å².